The highest BCUT2D eigenvalue weighted by Gasteiger charge is 2.32. The van der Waals surface area contributed by atoms with Crippen molar-refractivity contribution in [2.24, 2.45) is 5.92 Å². The van der Waals surface area contributed by atoms with E-state index in [1.165, 1.54) is 0 Å². The second kappa shape index (κ2) is 8.98. The highest BCUT2D eigenvalue weighted by Crippen LogP contribution is 2.26. The molecule has 0 spiro atoms. The molecule has 2 aromatic carbocycles. The number of carbonyl (C=O) groups excluding carboxylic acids is 2. The monoisotopic (exact) mass is 441 g/mol. The van der Waals surface area contributed by atoms with E-state index in [-0.39, 0.29) is 31.8 Å². The van der Waals surface area contributed by atoms with Crippen molar-refractivity contribution >= 4 is 11.7 Å². The zero-order valence-corrected chi connectivity index (χ0v) is 17.5. The van der Waals surface area contributed by atoms with Crippen molar-refractivity contribution in [2.45, 2.75) is 26.3 Å². The topological polar surface area (TPSA) is 55.2 Å². The molecule has 3 aromatic rings. The lowest BCUT2D eigenvalue weighted by Gasteiger charge is -2.31. The minimum Gasteiger partial charge on any atom is -0.338 e. The number of hydrogen-bond donors (Lipinski definition) is 0. The molecular weight excluding hydrogens is 419 g/mol. The van der Waals surface area contributed by atoms with Gasteiger partial charge in [0.25, 0.3) is 5.91 Å². The van der Waals surface area contributed by atoms with E-state index in [0.29, 0.717) is 24.2 Å². The van der Waals surface area contributed by atoms with Crippen LogP contribution in [0.4, 0.5) is 13.2 Å². The number of halogens is 3. The van der Waals surface area contributed by atoms with Gasteiger partial charge in [0.15, 0.2) is 5.78 Å². The minimum absolute atomic E-state index is 0.188. The Bertz CT molecular complexity index is 1130. The van der Waals surface area contributed by atoms with Crippen LogP contribution in [0.3, 0.4) is 0 Å². The van der Waals surface area contributed by atoms with Crippen LogP contribution in [0, 0.1) is 30.3 Å². The van der Waals surface area contributed by atoms with E-state index in [1.54, 1.807) is 15.8 Å². The van der Waals surface area contributed by atoms with Crippen LogP contribution in [0.15, 0.2) is 48.7 Å². The summed E-state index contributed by atoms with van der Waals surface area (Å²) in [6.45, 7) is 2.94. The molecule has 1 aliphatic heterocycles. The van der Waals surface area contributed by atoms with Crippen molar-refractivity contribution in [1.82, 2.24) is 14.7 Å². The third kappa shape index (κ3) is 4.30. The number of benzene rings is 2. The van der Waals surface area contributed by atoms with Crippen LogP contribution in [0.1, 0.15) is 44.8 Å². The molecule has 4 rings (SSSR count). The summed E-state index contributed by atoms with van der Waals surface area (Å²) in [5.41, 5.74) is 1.58. The molecule has 0 aliphatic carbocycles. The van der Waals surface area contributed by atoms with Gasteiger partial charge in [-0.05, 0) is 25.3 Å². The fraction of sp³-hybridized carbons (Fsp3) is 0.292. The molecule has 0 saturated carbocycles. The molecule has 2 heterocycles. The number of aromatic nitrogens is 2. The fourth-order valence-electron chi connectivity index (χ4n) is 4.07. The summed E-state index contributed by atoms with van der Waals surface area (Å²) in [4.78, 5) is 27.2. The van der Waals surface area contributed by atoms with Crippen molar-refractivity contribution in [3.05, 3.63) is 88.5 Å². The van der Waals surface area contributed by atoms with Gasteiger partial charge in [0, 0.05) is 36.8 Å². The van der Waals surface area contributed by atoms with E-state index in [4.69, 9.17) is 0 Å². The van der Waals surface area contributed by atoms with Crippen molar-refractivity contribution in [3.63, 3.8) is 0 Å². The summed E-state index contributed by atoms with van der Waals surface area (Å²) in [6, 6.07) is 10.8. The molecule has 0 bridgehead atoms. The normalized spacial score (nSPS) is 14.6. The maximum Gasteiger partial charge on any atom is 0.257 e. The molecule has 32 heavy (non-hydrogen) atoms. The van der Waals surface area contributed by atoms with Crippen LogP contribution in [0.5, 0.6) is 0 Å². The molecule has 0 unspecified atom stereocenters. The predicted molar refractivity (Wildman–Crippen MR) is 112 cm³/mol. The van der Waals surface area contributed by atoms with Crippen molar-refractivity contribution < 1.29 is 22.8 Å². The van der Waals surface area contributed by atoms with E-state index in [0.717, 1.165) is 11.3 Å². The van der Waals surface area contributed by atoms with Crippen LogP contribution in [-0.4, -0.2) is 39.5 Å². The second-order valence-electron chi connectivity index (χ2n) is 7.96. The first-order valence-electron chi connectivity index (χ1n) is 10.4. The fourth-order valence-corrected chi connectivity index (χ4v) is 4.07. The average molecular weight is 441 g/mol. The lowest BCUT2D eigenvalue weighted by Crippen LogP contribution is -2.40. The highest BCUT2D eigenvalue weighted by atomic mass is 19.1. The van der Waals surface area contributed by atoms with Gasteiger partial charge in [-0.1, -0.05) is 30.3 Å². The molecule has 1 amide bonds. The van der Waals surface area contributed by atoms with E-state index < -0.39 is 34.7 Å². The molecule has 5 nitrogen and oxygen atoms in total. The maximum atomic E-state index is 14.0. The molecule has 1 aliphatic rings. The lowest BCUT2D eigenvalue weighted by molar-refractivity contribution is 0.0647. The van der Waals surface area contributed by atoms with Gasteiger partial charge in [0.2, 0.25) is 0 Å². The van der Waals surface area contributed by atoms with Crippen molar-refractivity contribution in [2.75, 3.05) is 13.1 Å². The van der Waals surface area contributed by atoms with Gasteiger partial charge in [-0.25, -0.2) is 13.2 Å². The first kappa shape index (κ1) is 21.8. The molecule has 1 saturated heterocycles. The molecule has 8 heteroatoms. The summed E-state index contributed by atoms with van der Waals surface area (Å²) in [7, 11) is 0. The van der Waals surface area contributed by atoms with Gasteiger partial charge in [0.1, 0.15) is 17.5 Å². The quantitative estimate of drug-likeness (QED) is 0.552. The molecule has 166 valence electrons. The van der Waals surface area contributed by atoms with E-state index in [2.05, 4.69) is 5.10 Å². The first-order chi connectivity index (χ1) is 15.3. The molecule has 0 atom stereocenters. The van der Waals surface area contributed by atoms with Gasteiger partial charge in [-0.2, -0.15) is 5.10 Å². The Kier molecular flexibility index (Phi) is 6.12. The number of likely N-dealkylation sites (tertiary alicyclic amines) is 1. The van der Waals surface area contributed by atoms with Crippen LogP contribution < -0.4 is 0 Å². The summed E-state index contributed by atoms with van der Waals surface area (Å²) in [5.74, 6) is -4.98. The van der Waals surface area contributed by atoms with Crippen LogP contribution in [0.25, 0.3) is 0 Å². The third-order valence-corrected chi connectivity index (χ3v) is 5.91. The molecular formula is C24H22F3N3O2. The van der Waals surface area contributed by atoms with E-state index in [1.807, 2.05) is 37.3 Å². The number of carbonyl (C=O) groups is 2. The Hall–Kier alpha value is -3.42. The summed E-state index contributed by atoms with van der Waals surface area (Å²) in [5, 5.41) is 4.34. The Morgan fingerprint density at radius 2 is 1.66 bits per heavy atom. The van der Waals surface area contributed by atoms with E-state index in [9.17, 15) is 22.8 Å². The van der Waals surface area contributed by atoms with Crippen molar-refractivity contribution in [3.8, 4) is 0 Å². The van der Waals surface area contributed by atoms with Gasteiger partial charge in [0.05, 0.1) is 23.9 Å². The smallest absolute Gasteiger partial charge is 0.257 e. The number of amides is 1. The highest BCUT2D eigenvalue weighted by molar-refractivity contribution is 5.99. The Morgan fingerprint density at radius 3 is 2.28 bits per heavy atom. The Morgan fingerprint density at radius 1 is 1.03 bits per heavy atom. The number of nitrogens with zero attached hydrogens (tertiary/aromatic N) is 3. The van der Waals surface area contributed by atoms with Crippen LogP contribution >= 0.6 is 0 Å². The average Bonchev–Trinajstić information content (AvgIpc) is 3.13. The van der Waals surface area contributed by atoms with E-state index >= 15 is 0 Å². The Balaban J connectivity index is 1.42. The third-order valence-electron chi connectivity index (χ3n) is 5.91. The zero-order valence-electron chi connectivity index (χ0n) is 17.5. The zero-order chi connectivity index (χ0) is 22.8. The van der Waals surface area contributed by atoms with Gasteiger partial charge >= 0.3 is 0 Å². The maximum absolute atomic E-state index is 14.0. The minimum atomic E-state index is -1.20. The van der Waals surface area contributed by atoms with Gasteiger partial charge in [-0.15, -0.1) is 0 Å². The standard InChI is InChI=1S/C24H22F3N3O2/c1-15-19(13-28-30(15)14-16-5-3-2-4-6-16)24(32)29-9-7-17(8-10-29)23(31)22-20(26)11-18(25)12-21(22)27/h2-6,11-13,17H,7-10,14H2,1H3. The number of piperidine rings is 1. The number of hydrogen-bond acceptors (Lipinski definition) is 3. The second-order valence-corrected chi connectivity index (χ2v) is 7.96. The SMILES string of the molecule is Cc1c(C(=O)N2CCC(C(=O)c3c(F)cc(F)cc3F)CC2)cnn1Cc1ccccc1. The first-order valence-corrected chi connectivity index (χ1v) is 10.4. The van der Waals surface area contributed by atoms with Gasteiger partial charge in [-0.3, -0.25) is 14.3 Å². The molecule has 1 aromatic heterocycles. The number of ketones is 1. The number of rotatable bonds is 5. The lowest BCUT2D eigenvalue weighted by atomic mass is 9.88. The summed E-state index contributed by atoms with van der Waals surface area (Å²) < 4.78 is 42.8. The summed E-state index contributed by atoms with van der Waals surface area (Å²) >= 11 is 0. The Labute approximate surface area is 183 Å². The van der Waals surface area contributed by atoms with Crippen LogP contribution in [-0.2, 0) is 6.54 Å². The molecule has 0 radical (unpaired) electrons. The van der Waals surface area contributed by atoms with Crippen LogP contribution in [0.2, 0.25) is 0 Å². The largest absolute Gasteiger partial charge is 0.338 e. The molecule has 1 fully saturated rings. The number of Topliss-reactive ketones (excluding diaryl/α,β-unsaturated/α-hetero) is 1. The van der Waals surface area contributed by atoms with Crippen molar-refractivity contribution in [1.29, 1.82) is 0 Å². The predicted octanol–water partition coefficient (Wildman–Crippen LogP) is 4.39. The summed E-state index contributed by atoms with van der Waals surface area (Å²) in [6.07, 6.45) is 2.09. The molecule has 0 N–H and O–H groups in total. The van der Waals surface area contributed by atoms with Gasteiger partial charge < -0.3 is 4.90 Å².